The third-order valence-corrected chi connectivity index (χ3v) is 3.91. The summed E-state index contributed by atoms with van der Waals surface area (Å²) in [7, 11) is 0. The van der Waals surface area contributed by atoms with Gasteiger partial charge in [0, 0.05) is 17.3 Å². The minimum absolute atomic E-state index is 0.289. The van der Waals surface area contributed by atoms with Crippen LogP contribution in [0.1, 0.15) is 49.3 Å². The Morgan fingerprint density at radius 3 is 2.35 bits per heavy atom. The maximum absolute atomic E-state index is 6.18. The second kappa shape index (κ2) is 6.47. The van der Waals surface area contributed by atoms with Gasteiger partial charge in [-0.1, -0.05) is 56.7 Å². The second-order valence-electron chi connectivity index (χ2n) is 5.42. The van der Waals surface area contributed by atoms with Gasteiger partial charge in [0.2, 0.25) is 0 Å². The van der Waals surface area contributed by atoms with Crippen LogP contribution in [-0.4, -0.2) is 0 Å². The van der Waals surface area contributed by atoms with Gasteiger partial charge in [0.15, 0.2) is 0 Å². The van der Waals surface area contributed by atoms with Crippen LogP contribution in [0.2, 0.25) is 0 Å². The van der Waals surface area contributed by atoms with E-state index in [-0.39, 0.29) is 5.92 Å². The molecular formula is C18H24N2. The lowest BCUT2D eigenvalue weighted by Crippen LogP contribution is -2.05. The van der Waals surface area contributed by atoms with Crippen LogP contribution < -0.4 is 11.5 Å². The van der Waals surface area contributed by atoms with Crippen molar-refractivity contribution in [2.45, 2.75) is 39.0 Å². The van der Waals surface area contributed by atoms with E-state index in [1.54, 1.807) is 0 Å². The topological polar surface area (TPSA) is 52.0 Å². The van der Waals surface area contributed by atoms with Crippen LogP contribution in [0.4, 0.5) is 11.4 Å². The second-order valence-corrected chi connectivity index (χ2v) is 5.42. The molecule has 0 radical (unpaired) electrons. The van der Waals surface area contributed by atoms with Crippen molar-refractivity contribution in [1.82, 2.24) is 0 Å². The lowest BCUT2D eigenvalue weighted by molar-refractivity contribution is 0.793. The molecule has 0 aromatic heterocycles. The molecule has 0 amide bonds. The predicted molar refractivity (Wildman–Crippen MR) is 87.8 cm³/mol. The third kappa shape index (κ3) is 3.13. The number of anilines is 2. The van der Waals surface area contributed by atoms with Crippen molar-refractivity contribution >= 4 is 11.4 Å². The van der Waals surface area contributed by atoms with E-state index in [1.807, 2.05) is 12.1 Å². The molecule has 0 saturated carbocycles. The fourth-order valence-electron chi connectivity index (χ4n) is 2.58. The Hall–Kier alpha value is -1.96. The van der Waals surface area contributed by atoms with Gasteiger partial charge in [-0.3, -0.25) is 0 Å². The van der Waals surface area contributed by atoms with Crippen LogP contribution in [0, 0.1) is 0 Å². The van der Waals surface area contributed by atoms with Crippen LogP contribution in [0.3, 0.4) is 0 Å². The summed E-state index contributed by atoms with van der Waals surface area (Å²) in [6.45, 7) is 4.39. The predicted octanol–water partition coefficient (Wildman–Crippen LogP) is 4.35. The third-order valence-electron chi connectivity index (χ3n) is 3.91. The fourth-order valence-corrected chi connectivity index (χ4v) is 2.58. The molecule has 4 N–H and O–H groups in total. The first kappa shape index (κ1) is 14.4. The lowest BCUT2D eigenvalue weighted by atomic mass is 9.89. The van der Waals surface area contributed by atoms with Crippen molar-refractivity contribution < 1.29 is 0 Å². The zero-order valence-electron chi connectivity index (χ0n) is 12.4. The van der Waals surface area contributed by atoms with Gasteiger partial charge in [-0.2, -0.15) is 0 Å². The minimum atomic E-state index is 0.289. The van der Waals surface area contributed by atoms with Gasteiger partial charge in [0.25, 0.3) is 0 Å². The van der Waals surface area contributed by atoms with E-state index >= 15 is 0 Å². The summed E-state index contributed by atoms with van der Waals surface area (Å²) >= 11 is 0. The van der Waals surface area contributed by atoms with Crippen molar-refractivity contribution in [1.29, 1.82) is 0 Å². The van der Waals surface area contributed by atoms with E-state index < -0.39 is 0 Å². The van der Waals surface area contributed by atoms with Gasteiger partial charge in [-0.15, -0.1) is 0 Å². The fraction of sp³-hybridized carbons (Fsp3) is 0.333. The van der Waals surface area contributed by atoms with E-state index in [0.29, 0.717) is 0 Å². The normalized spacial score (nSPS) is 12.3. The van der Waals surface area contributed by atoms with Crippen molar-refractivity contribution in [2.24, 2.45) is 0 Å². The van der Waals surface area contributed by atoms with Gasteiger partial charge >= 0.3 is 0 Å². The van der Waals surface area contributed by atoms with Crippen LogP contribution in [-0.2, 0) is 6.42 Å². The van der Waals surface area contributed by atoms with E-state index in [9.17, 15) is 0 Å². The summed E-state index contributed by atoms with van der Waals surface area (Å²) in [6.07, 6.45) is 3.36. The molecule has 106 valence electrons. The molecule has 2 nitrogen and oxygen atoms in total. The number of hydrogen-bond acceptors (Lipinski definition) is 2. The smallest absolute Gasteiger partial charge is 0.0373 e. The molecule has 1 atom stereocenters. The summed E-state index contributed by atoms with van der Waals surface area (Å²) < 4.78 is 0. The van der Waals surface area contributed by atoms with Gasteiger partial charge in [-0.25, -0.2) is 0 Å². The van der Waals surface area contributed by atoms with Gasteiger partial charge < -0.3 is 11.5 Å². The van der Waals surface area contributed by atoms with Crippen molar-refractivity contribution in [3.63, 3.8) is 0 Å². The molecule has 0 aliphatic heterocycles. The highest BCUT2D eigenvalue weighted by molar-refractivity contribution is 5.63. The maximum atomic E-state index is 6.18. The number of unbranched alkanes of at least 4 members (excludes halogenated alkanes) is 1. The molecule has 1 unspecified atom stereocenters. The number of nitrogen functional groups attached to an aromatic ring is 2. The van der Waals surface area contributed by atoms with E-state index in [1.165, 1.54) is 23.1 Å². The monoisotopic (exact) mass is 268 g/mol. The number of aryl methyl sites for hydroxylation is 1. The standard InChI is InChI=1S/C18H24N2/c1-3-4-8-15-11-16(18(20)12-17(15)19)13(2)14-9-6-5-7-10-14/h5-7,9-13H,3-4,8,19-20H2,1-2H3. The summed E-state index contributed by atoms with van der Waals surface area (Å²) in [6, 6.07) is 14.6. The Balaban J connectivity index is 2.35. The first-order valence-corrected chi connectivity index (χ1v) is 7.36. The highest BCUT2D eigenvalue weighted by Gasteiger charge is 2.13. The molecule has 0 aliphatic rings. The summed E-state index contributed by atoms with van der Waals surface area (Å²) in [5, 5.41) is 0. The zero-order valence-corrected chi connectivity index (χ0v) is 12.4. The molecule has 0 spiro atoms. The molecule has 0 aliphatic carbocycles. The Morgan fingerprint density at radius 2 is 1.70 bits per heavy atom. The summed E-state index contributed by atoms with van der Waals surface area (Å²) in [5.74, 6) is 0.289. The molecule has 0 fully saturated rings. The number of benzene rings is 2. The average molecular weight is 268 g/mol. The number of rotatable bonds is 5. The highest BCUT2D eigenvalue weighted by Crippen LogP contribution is 2.32. The van der Waals surface area contributed by atoms with Crippen molar-refractivity contribution in [3.05, 3.63) is 59.2 Å². The molecular weight excluding hydrogens is 244 g/mol. The van der Waals surface area contributed by atoms with Gasteiger partial charge in [0.1, 0.15) is 0 Å². The Morgan fingerprint density at radius 1 is 1.00 bits per heavy atom. The average Bonchev–Trinajstić information content (AvgIpc) is 2.47. The van der Waals surface area contributed by atoms with Crippen LogP contribution >= 0.6 is 0 Å². The van der Waals surface area contributed by atoms with Gasteiger partial charge in [0.05, 0.1) is 0 Å². The molecule has 2 aromatic rings. The first-order valence-electron chi connectivity index (χ1n) is 7.36. The Labute approximate surface area is 121 Å². The van der Waals surface area contributed by atoms with Crippen molar-refractivity contribution in [2.75, 3.05) is 11.5 Å². The molecule has 2 aromatic carbocycles. The van der Waals surface area contributed by atoms with Crippen LogP contribution in [0.5, 0.6) is 0 Å². The molecule has 20 heavy (non-hydrogen) atoms. The summed E-state index contributed by atoms with van der Waals surface area (Å²) in [4.78, 5) is 0. The zero-order chi connectivity index (χ0) is 14.5. The van der Waals surface area contributed by atoms with Crippen LogP contribution in [0.15, 0.2) is 42.5 Å². The van der Waals surface area contributed by atoms with Gasteiger partial charge in [-0.05, 0) is 35.6 Å². The SMILES string of the molecule is CCCCc1cc(C(C)c2ccccc2)c(N)cc1N. The lowest BCUT2D eigenvalue weighted by Gasteiger charge is -2.18. The maximum Gasteiger partial charge on any atom is 0.0373 e. The minimum Gasteiger partial charge on any atom is -0.398 e. The Kier molecular flexibility index (Phi) is 4.67. The molecule has 2 heteroatoms. The molecule has 0 saturated heterocycles. The quantitative estimate of drug-likeness (QED) is 0.792. The summed E-state index contributed by atoms with van der Waals surface area (Å²) in [5.41, 5.74) is 17.6. The first-order chi connectivity index (χ1) is 9.63. The van der Waals surface area contributed by atoms with E-state index in [2.05, 4.69) is 44.2 Å². The highest BCUT2D eigenvalue weighted by atomic mass is 14.6. The van der Waals surface area contributed by atoms with E-state index in [0.717, 1.165) is 24.2 Å². The molecule has 2 rings (SSSR count). The Bertz CT molecular complexity index is 561. The molecule has 0 bridgehead atoms. The van der Waals surface area contributed by atoms with Crippen LogP contribution in [0.25, 0.3) is 0 Å². The molecule has 0 heterocycles. The van der Waals surface area contributed by atoms with E-state index in [4.69, 9.17) is 11.5 Å². The largest absolute Gasteiger partial charge is 0.398 e. The number of nitrogens with two attached hydrogens (primary N) is 2. The van der Waals surface area contributed by atoms with Crippen molar-refractivity contribution in [3.8, 4) is 0 Å². The number of hydrogen-bond donors (Lipinski definition) is 2.